The van der Waals surface area contributed by atoms with E-state index in [0.717, 1.165) is 16.7 Å². The van der Waals surface area contributed by atoms with Crippen molar-refractivity contribution in [3.63, 3.8) is 0 Å². The summed E-state index contributed by atoms with van der Waals surface area (Å²) in [4.78, 5) is 33.8. The molecule has 0 radical (unpaired) electrons. The number of carbonyl (C=O) groups is 2. The molecule has 4 aromatic rings. The third kappa shape index (κ3) is 5.30. The van der Waals surface area contributed by atoms with E-state index in [0.29, 0.717) is 40.5 Å². The number of anilines is 1. The van der Waals surface area contributed by atoms with Crippen LogP contribution in [0.15, 0.2) is 73.1 Å². The van der Waals surface area contributed by atoms with Crippen molar-refractivity contribution in [1.29, 1.82) is 0 Å². The lowest BCUT2D eigenvalue weighted by Crippen LogP contribution is -2.24. The number of nitrogens with zero attached hydrogens (tertiary/aromatic N) is 2. The van der Waals surface area contributed by atoms with Gasteiger partial charge in [-0.1, -0.05) is 24.3 Å². The molecule has 0 spiro atoms. The molecule has 0 saturated heterocycles. The van der Waals surface area contributed by atoms with Crippen molar-refractivity contribution in [3.8, 4) is 10.6 Å². The van der Waals surface area contributed by atoms with Gasteiger partial charge in [0.1, 0.15) is 11.6 Å². The molecular formula is C25H21FN4O2S. The molecular weight excluding hydrogens is 439 g/mol. The van der Waals surface area contributed by atoms with Crippen molar-refractivity contribution in [2.45, 2.75) is 12.3 Å². The fourth-order valence-corrected chi connectivity index (χ4v) is 4.39. The number of hydrogen-bond acceptors (Lipinski definition) is 6. The van der Waals surface area contributed by atoms with Gasteiger partial charge in [0, 0.05) is 24.5 Å². The lowest BCUT2D eigenvalue weighted by Gasteiger charge is -2.19. The zero-order valence-electron chi connectivity index (χ0n) is 17.6. The number of carbonyl (C=O) groups excluding carboxylic acids is 2. The second-order valence-electron chi connectivity index (χ2n) is 7.38. The summed E-state index contributed by atoms with van der Waals surface area (Å²) in [7, 11) is 0. The Morgan fingerprint density at radius 3 is 2.73 bits per heavy atom. The topological polar surface area (TPSA) is 98.0 Å². The van der Waals surface area contributed by atoms with Crippen LogP contribution in [0.5, 0.6) is 0 Å². The van der Waals surface area contributed by atoms with E-state index in [-0.39, 0.29) is 5.82 Å². The molecule has 0 bridgehead atoms. The quantitative estimate of drug-likeness (QED) is 0.360. The van der Waals surface area contributed by atoms with Gasteiger partial charge in [-0.3, -0.25) is 14.6 Å². The summed E-state index contributed by atoms with van der Waals surface area (Å²) in [5.41, 5.74) is 8.56. The van der Waals surface area contributed by atoms with E-state index < -0.39 is 11.8 Å². The smallest absolute Gasteiger partial charge is 0.229 e. The number of aldehydes is 1. The van der Waals surface area contributed by atoms with Crippen LogP contribution in [-0.2, 0) is 11.2 Å². The molecule has 3 aromatic heterocycles. The molecule has 8 heteroatoms. The number of hydrogen-bond donors (Lipinski definition) is 2. The molecule has 1 atom stereocenters. The van der Waals surface area contributed by atoms with Crippen molar-refractivity contribution in [3.05, 3.63) is 100 Å². The van der Waals surface area contributed by atoms with E-state index in [1.165, 1.54) is 23.5 Å². The SMILES string of the molecule is NC(=O)C(c1cccnc1)c1ccc(-c2ccc(C=O)s2)nc1NCCc1cccc(F)c1. The Labute approximate surface area is 194 Å². The van der Waals surface area contributed by atoms with Crippen molar-refractivity contribution in [1.82, 2.24) is 9.97 Å². The molecule has 4 rings (SSSR count). The predicted molar refractivity (Wildman–Crippen MR) is 127 cm³/mol. The molecule has 0 aliphatic heterocycles. The van der Waals surface area contributed by atoms with E-state index in [4.69, 9.17) is 10.7 Å². The van der Waals surface area contributed by atoms with Crippen LogP contribution in [0.2, 0.25) is 0 Å². The van der Waals surface area contributed by atoms with Gasteiger partial charge in [0.2, 0.25) is 5.91 Å². The van der Waals surface area contributed by atoms with Crippen LogP contribution in [0.4, 0.5) is 10.2 Å². The summed E-state index contributed by atoms with van der Waals surface area (Å²) in [5, 5.41) is 3.29. The van der Waals surface area contributed by atoms with Gasteiger partial charge in [-0.25, -0.2) is 9.37 Å². The van der Waals surface area contributed by atoms with E-state index in [9.17, 15) is 14.0 Å². The third-order valence-corrected chi connectivity index (χ3v) is 6.16. The fourth-order valence-electron chi connectivity index (χ4n) is 3.60. The van der Waals surface area contributed by atoms with Gasteiger partial charge >= 0.3 is 0 Å². The lowest BCUT2D eigenvalue weighted by molar-refractivity contribution is -0.118. The van der Waals surface area contributed by atoms with Crippen LogP contribution in [0, 0.1) is 5.82 Å². The maximum Gasteiger partial charge on any atom is 0.229 e. The van der Waals surface area contributed by atoms with Crippen molar-refractivity contribution < 1.29 is 14.0 Å². The highest BCUT2D eigenvalue weighted by Crippen LogP contribution is 2.33. The monoisotopic (exact) mass is 460 g/mol. The average Bonchev–Trinajstić information content (AvgIpc) is 3.30. The first-order chi connectivity index (χ1) is 16.0. The Balaban J connectivity index is 1.69. The Morgan fingerprint density at radius 1 is 1.15 bits per heavy atom. The van der Waals surface area contributed by atoms with Crippen molar-refractivity contribution in [2.75, 3.05) is 11.9 Å². The highest BCUT2D eigenvalue weighted by atomic mass is 32.1. The van der Waals surface area contributed by atoms with Crippen molar-refractivity contribution in [2.24, 2.45) is 5.73 Å². The predicted octanol–water partition coefficient (Wildman–Crippen LogP) is 4.43. The van der Waals surface area contributed by atoms with Crippen LogP contribution in [0.25, 0.3) is 10.6 Å². The number of nitrogens with two attached hydrogens (primary N) is 1. The second-order valence-corrected chi connectivity index (χ2v) is 8.50. The first-order valence-corrected chi connectivity index (χ1v) is 11.1. The summed E-state index contributed by atoms with van der Waals surface area (Å²) >= 11 is 1.33. The van der Waals surface area contributed by atoms with E-state index in [1.807, 2.05) is 18.2 Å². The fraction of sp³-hybridized carbons (Fsp3) is 0.120. The minimum atomic E-state index is -0.745. The molecule has 33 heavy (non-hydrogen) atoms. The van der Waals surface area contributed by atoms with Gasteiger partial charge in [-0.05, 0) is 53.9 Å². The van der Waals surface area contributed by atoms with Crippen molar-refractivity contribution >= 4 is 29.3 Å². The third-order valence-electron chi connectivity index (χ3n) is 5.13. The van der Waals surface area contributed by atoms with E-state index in [1.54, 1.807) is 42.7 Å². The number of halogens is 1. The highest BCUT2D eigenvalue weighted by Gasteiger charge is 2.25. The molecule has 1 aromatic carbocycles. The maximum absolute atomic E-state index is 13.5. The summed E-state index contributed by atoms with van der Waals surface area (Å²) in [6.07, 6.45) is 4.59. The molecule has 1 unspecified atom stereocenters. The van der Waals surface area contributed by atoms with Crippen LogP contribution in [0.1, 0.15) is 32.3 Å². The largest absolute Gasteiger partial charge is 0.369 e. The second kappa shape index (κ2) is 10.1. The van der Waals surface area contributed by atoms with Crippen LogP contribution < -0.4 is 11.1 Å². The first kappa shape index (κ1) is 22.3. The van der Waals surface area contributed by atoms with Gasteiger partial charge in [-0.2, -0.15) is 0 Å². The maximum atomic E-state index is 13.5. The molecule has 0 aliphatic carbocycles. The normalized spacial score (nSPS) is 11.7. The number of benzene rings is 1. The van der Waals surface area contributed by atoms with Crippen LogP contribution in [-0.4, -0.2) is 28.7 Å². The summed E-state index contributed by atoms with van der Waals surface area (Å²) in [5.74, 6) is -1.06. The summed E-state index contributed by atoms with van der Waals surface area (Å²) in [6.45, 7) is 0.468. The summed E-state index contributed by atoms with van der Waals surface area (Å²) in [6, 6.07) is 17.1. The van der Waals surface area contributed by atoms with Gasteiger partial charge < -0.3 is 11.1 Å². The number of aromatic nitrogens is 2. The Morgan fingerprint density at radius 2 is 2.03 bits per heavy atom. The Bertz CT molecular complexity index is 1280. The van der Waals surface area contributed by atoms with Gasteiger partial charge in [0.05, 0.1) is 21.4 Å². The summed E-state index contributed by atoms with van der Waals surface area (Å²) < 4.78 is 13.5. The molecule has 1 amide bonds. The van der Waals surface area contributed by atoms with E-state index >= 15 is 0 Å². The number of thiophene rings is 1. The van der Waals surface area contributed by atoms with Gasteiger partial charge in [0.15, 0.2) is 6.29 Å². The highest BCUT2D eigenvalue weighted by molar-refractivity contribution is 7.17. The van der Waals surface area contributed by atoms with Gasteiger partial charge in [-0.15, -0.1) is 11.3 Å². The molecule has 3 N–H and O–H groups in total. The minimum absolute atomic E-state index is 0.289. The zero-order chi connectivity index (χ0) is 23.2. The minimum Gasteiger partial charge on any atom is -0.369 e. The number of nitrogens with one attached hydrogen (secondary N) is 1. The number of amides is 1. The van der Waals surface area contributed by atoms with Crippen LogP contribution in [0.3, 0.4) is 0 Å². The zero-order valence-corrected chi connectivity index (χ0v) is 18.4. The number of primary amides is 1. The molecule has 0 saturated carbocycles. The average molecular weight is 461 g/mol. The molecule has 0 fully saturated rings. The number of rotatable bonds is 9. The molecule has 3 heterocycles. The molecule has 166 valence electrons. The Hall–Kier alpha value is -3.91. The number of pyridine rings is 2. The van der Waals surface area contributed by atoms with E-state index in [2.05, 4.69) is 10.3 Å². The standard InChI is InChI=1S/C25H21FN4O2S/c26-18-5-1-3-16(13-18)10-12-29-25-20(23(24(27)32)17-4-2-11-28-14-17)7-8-21(30-25)22-9-6-19(15-31)33-22/h1-9,11,13-15,23H,10,12H2,(H2,27,32)(H,29,30). The Kier molecular flexibility index (Phi) is 6.85. The van der Waals surface area contributed by atoms with Crippen LogP contribution >= 0.6 is 11.3 Å². The first-order valence-electron chi connectivity index (χ1n) is 10.3. The molecule has 0 aliphatic rings. The molecule has 6 nitrogen and oxygen atoms in total. The van der Waals surface area contributed by atoms with Gasteiger partial charge in [0.25, 0.3) is 0 Å². The lowest BCUT2D eigenvalue weighted by atomic mass is 9.91.